The molecule has 0 saturated carbocycles. The van der Waals surface area contributed by atoms with Gasteiger partial charge in [-0.25, -0.2) is 4.90 Å². The first-order chi connectivity index (χ1) is 8.23. The summed E-state index contributed by atoms with van der Waals surface area (Å²) in [5, 5.41) is 3.34. The van der Waals surface area contributed by atoms with Crippen molar-refractivity contribution in [3.8, 4) is 5.75 Å². The van der Waals surface area contributed by atoms with Gasteiger partial charge in [0.15, 0.2) is 0 Å². The summed E-state index contributed by atoms with van der Waals surface area (Å²) in [6, 6.07) is 7.12. The zero-order valence-electron chi connectivity index (χ0n) is 10.3. The van der Waals surface area contributed by atoms with Crippen LogP contribution in [0.25, 0.3) is 0 Å². The molecule has 4 heteroatoms. The number of nitrogens with one attached hydrogen (secondary N) is 1. The Morgan fingerprint density at radius 2 is 2.29 bits per heavy atom. The second kappa shape index (κ2) is 3.89. The number of para-hydroxylation sites is 2. The van der Waals surface area contributed by atoms with Gasteiger partial charge in [0.05, 0.1) is 5.69 Å². The van der Waals surface area contributed by atoms with Crippen LogP contribution in [0, 0.1) is 5.92 Å². The smallest absolute Gasteiger partial charge is 0.362 e. The quantitative estimate of drug-likeness (QED) is 0.849. The first kappa shape index (κ1) is 10.9. The number of methoxy groups -OCH3 is 1. The van der Waals surface area contributed by atoms with Crippen molar-refractivity contribution in [2.24, 2.45) is 5.92 Å². The molecule has 1 aromatic rings. The molecule has 4 nitrogen and oxygen atoms in total. The van der Waals surface area contributed by atoms with Gasteiger partial charge in [0, 0.05) is 20.2 Å². The molecule has 2 heterocycles. The highest BCUT2D eigenvalue weighted by atomic mass is 16.7. The van der Waals surface area contributed by atoms with Gasteiger partial charge in [0.2, 0.25) is 0 Å². The van der Waals surface area contributed by atoms with Gasteiger partial charge in [-0.2, -0.15) is 0 Å². The van der Waals surface area contributed by atoms with E-state index in [0.717, 1.165) is 24.5 Å². The molecule has 1 fully saturated rings. The van der Waals surface area contributed by atoms with Crippen molar-refractivity contribution in [1.82, 2.24) is 4.90 Å². The number of nitrogens with zero attached hydrogens (tertiary/aromatic N) is 1. The SMILES string of the molecule is COC1(N2CCC(C)C2)Nc2ccccc2O1. The number of likely N-dealkylation sites (tertiary alicyclic amines) is 1. The lowest BCUT2D eigenvalue weighted by Gasteiger charge is -2.35. The summed E-state index contributed by atoms with van der Waals surface area (Å²) >= 11 is 0. The van der Waals surface area contributed by atoms with Crippen LogP contribution in [-0.4, -0.2) is 31.1 Å². The molecule has 0 radical (unpaired) electrons. The molecule has 17 heavy (non-hydrogen) atoms. The van der Waals surface area contributed by atoms with Crippen molar-refractivity contribution in [2.75, 3.05) is 25.5 Å². The lowest BCUT2D eigenvalue weighted by molar-refractivity contribution is -0.227. The average molecular weight is 234 g/mol. The number of hydrogen-bond acceptors (Lipinski definition) is 4. The van der Waals surface area contributed by atoms with E-state index in [9.17, 15) is 0 Å². The number of anilines is 1. The Morgan fingerprint density at radius 3 is 2.94 bits per heavy atom. The van der Waals surface area contributed by atoms with Crippen LogP contribution in [0.2, 0.25) is 0 Å². The molecule has 0 aliphatic carbocycles. The largest absolute Gasteiger partial charge is 0.430 e. The number of rotatable bonds is 2. The van der Waals surface area contributed by atoms with Crippen LogP contribution < -0.4 is 10.1 Å². The minimum absolute atomic E-state index is 0.691. The highest BCUT2D eigenvalue weighted by molar-refractivity contribution is 5.60. The van der Waals surface area contributed by atoms with Crippen molar-refractivity contribution in [3.63, 3.8) is 0 Å². The van der Waals surface area contributed by atoms with Gasteiger partial charge in [0.25, 0.3) is 0 Å². The molecule has 0 bridgehead atoms. The van der Waals surface area contributed by atoms with E-state index in [0.29, 0.717) is 5.92 Å². The molecular formula is C13H18N2O2. The van der Waals surface area contributed by atoms with Crippen LogP contribution in [0.3, 0.4) is 0 Å². The summed E-state index contributed by atoms with van der Waals surface area (Å²) in [6.45, 7) is 4.25. The van der Waals surface area contributed by atoms with Gasteiger partial charge in [-0.05, 0) is 24.5 Å². The number of benzene rings is 1. The Bertz CT molecular complexity index is 397. The molecule has 1 saturated heterocycles. The van der Waals surface area contributed by atoms with Crippen LogP contribution in [-0.2, 0) is 4.74 Å². The molecule has 0 spiro atoms. The number of fused-ring (bicyclic) bond motifs is 1. The third-order valence-corrected chi connectivity index (χ3v) is 3.54. The van der Waals surface area contributed by atoms with E-state index in [1.165, 1.54) is 6.42 Å². The van der Waals surface area contributed by atoms with E-state index < -0.39 is 6.03 Å². The monoisotopic (exact) mass is 234 g/mol. The Morgan fingerprint density at radius 1 is 1.47 bits per heavy atom. The highest BCUT2D eigenvalue weighted by Crippen LogP contribution is 2.39. The zero-order chi connectivity index (χ0) is 11.9. The second-order valence-electron chi connectivity index (χ2n) is 4.85. The highest BCUT2D eigenvalue weighted by Gasteiger charge is 2.47. The van der Waals surface area contributed by atoms with Crippen molar-refractivity contribution < 1.29 is 9.47 Å². The first-order valence-corrected chi connectivity index (χ1v) is 6.10. The Hall–Kier alpha value is -1.26. The molecule has 2 aliphatic heterocycles. The maximum Gasteiger partial charge on any atom is 0.362 e. The van der Waals surface area contributed by atoms with Gasteiger partial charge < -0.3 is 14.8 Å². The molecule has 3 rings (SSSR count). The summed E-state index contributed by atoms with van der Waals surface area (Å²) in [7, 11) is 1.68. The predicted molar refractivity (Wildman–Crippen MR) is 65.8 cm³/mol. The number of hydrogen-bond donors (Lipinski definition) is 1. The molecule has 92 valence electrons. The van der Waals surface area contributed by atoms with Gasteiger partial charge >= 0.3 is 6.03 Å². The van der Waals surface area contributed by atoms with E-state index in [-0.39, 0.29) is 0 Å². The van der Waals surface area contributed by atoms with Crippen LogP contribution >= 0.6 is 0 Å². The lowest BCUT2D eigenvalue weighted by Crippen LogP contribution is -2.57. The lowest BCUT2D eigenvalue weighted by atomic mass is 10.2. The van der Waals surface area contributed by atoms with Crippen LogP contribution in [0.4, 0.5) is 5.69 Å². The minimum Gasteiger partial charge on any atom is -0.430 e. The zero-order valence-corrected chi connectivity index (χ0v) is 10.3. The van der Waals surface area contributed by atoms with Crippen LogP contribution in [0.15, 0.2) is 24.3 Å². The molecular weight excluding hydrogens is 216 g/mol. The van der Waals surface area contributed by atoms with Gasteiger partial charge in [0.1, 0.15) is 5.75 Å². The van der Waals surface area contributed by atoms with Crippen molar-refractivity contribution in [2.45, 2.75) is 19.4 Å². The molecule has 0 aromatic heterocycles. The van der Waals surface area contributed by atoms with E-state index in [4.69, 9.17) is 9.47 Å². The average Bonchev–Trinajstić information content (AvgIpc) is 2.92. The fourth-order valence-electron chi connectivity index (χ4n) is 2.57. The molecule has 2 unspecified atom stereocenters. The molecule has 2 atom stereocenters. The van der Waals surface area contributed by atoms with E-state index in [1.807, 2.05) is 24.3 Å². The fraction of sp³-hybridized carbons (Fsp3) is 0.538. The van der Waals surface area contributed by atoms with Gasteiger partial charge in [-0.3, -0.25) is 0 Å². The van der Waals surface area contributed by atoms with Crippen LogP contribution in [0.1, 0.15) is 13.3 Å². The normalized spacial score (nSPS) is 32.0. The van der Waals surface area contributed by atoms with E-state index >= 15 is 0 Å². The third-order valence-electron chi connectivity index (χ3n) is 3.54. The fourth-order valence-corrected chi connectivity index (χ4v) is 2.57. The van der Waals surface area contributed by atoms with Crippen molar-refractivity contribution >= 4 is 5.69 Å². The van der Waals surface area contributed by atoms with Crippen molar-refractivity contribution in [3.05, 3.63) is 24.3 Å². The van der Waals surface area contributed by atoms with E-state index in [2.05, 4.69) is 17.1 Å². The topological polar surface area (TPSA) is 33.7 Å². The summed E-state index contributed by atoms with van der Waals surface area (Å²) < 4.78 is 11.6. The minimum atomic E-state index is -0.811. The maximum atomic E-state index is 5.97. The Labute approximate surface area is 102 Å². The Kier molecular flexibility index (Phi) is 2.49. The summed E-state index contributed by atoms with van der Waals surface area (Å²) in [5.74, 6) is 1.55. The first-order valence-electron chi connectivity index (χ1n) is 6.10. The van der Waals surface area contributed by atoms with Crippen molar-refractivity contribution in [1.29, 1.82) is 0 Å². The number of ether oxygens (including phenoxy) is 2. The van der Waals surface area contributed by atoms with Gasteiger partial charge in [-0.1, -0.05) is 19.1 Å². The molecule has 1 N–H and O–H groups in total. The standard InChI is InChI=1S/C13H18N2O2/c1-10-7-8-15(9-10)13(16-2)14-11-5-3-4-6-12(11)17-13/h3-6,10,14H,7-9H2,1-2H3. The summed E-state index contributed by atoms with van der Waals surface area (Å²) in [6.07, 6.45) is 1.19. The predicted octanol–water partition coefficient (Wildman–Crippen LogP) is 2.09. The second-order valence-corrected chi connectivity index (χ2v) is 4.85. The third kappa shape index (κ3) is 1.68. The Balaban J connectivity index is 1.87. The molecule has 1 aromatic carbocycles. The summed E-state index contributed by atoms with van der Waals surface area (Å²) in [5.41, 5.74) is 0.994. The molecule has 2 aliphatic rings. The van der Waals surface area contributed by atoms with Crippen LogP contribution in [0.5, 0.6) is 5.75 Å². The summed E-state index contributed by atoms with van der Waals surface area (Å²) in [4.78, 5) is 2.22. The molecule has 0 amide bonds. The maximum absolute atomic E-state index is 5.97. The van der Waals surface area contributed by atoms with E-state index in [1.54, 1.807) is 7.11 Å². The van der Waals surface area contributed by atoms with Gasteiger partial charge in [-0.15, -0.1) is 0 Å².